The summed E-state index contributed by atoms with van der Waals surface area (Å²) >= 11 is 0. The predicted molar refractivity (Wildman–Crippen MR) is 111 cm³/mol. The summed E-state index contributed by atoms with van der Waals surface area (Å²) in [6.45, 7) is 4.42. The zero-order valence-corrected chi connectivity index (χ0v) is 16.6. The highest BCUT2D eigenvalue weighted by molar-refractivity contribution is 5.77. The molecule has 5 nitrogen and oxygen atoms in total. The van der Waals surface area contributed by atoms with Crippen molar-refractivity contribution < 1.29 is 9.50 Å². The second kappa shape index (κ2) is 8.05. The predicted octanol–water partition coefficient (Wildman–Crippen LogP) is 3.13. The number of rotatable bonds is 5. The minimum Gasteiger partial charge on any atom is -0.388 e. The second-order valence-electron chi connectivity index (χ2n) is 7.92. The molecule has 0 spiro atoms. The molecule has 1 saturated heterocycles. The topological polar surface area (TPSA) is 58.4 Å². The van der Waals surface area contributed by atoms with Gasteiger partial charge in [-0.1, -0.05) is 31.2 Å². The van der Waals surface area contributed by atoms with Crippen LogP contribution >= 0.6 is 0 Å². The van der Waals surface area contributed by atoms with Crippen LogP contribution in [0.3, 0.4) is 0 Å². The molecule has 2 aromatic carbocycles. The fraction of sp³-hybridized carbons (Fsp3) is 0.391. The quantitative estimate of drug-likeness (QED) is 0.721. The first-order valence-corrected chi connectivity index (χ1v) is 10.1. The smallest absolute Gasteiger partial charge is 0.261 e. The molecule has 0 saturated carbocycles. The van der Waals surface area contributed by atoms with Gasteiger partial charge in [0, 0.05) is 26.1 Å². The number of hydrogen-bond acceptors (Lipinski definition) is 4. The Bertz CT molecular complexity index is 1050. The molecule has 6 heteroatoms. The third-order valence-electron chi connectivity index (χ3n) is 5.82. The number of hydrogen-bond donors (Lipinski definition) is 1. The van der Waals surface area contributed by atoms with Crippen LogP contribution in [-0.2, 0) is 19.5 Å². The molecule has 3 aromatic rings. The lowest BCUT2D eigenvalue weighted by atomic mass is 9.90. The van der Waals surface area contributed by atoms with Crippen LogP contribution in [0.25, 0.3) is 10.9 Å². The Kier molecular flexibility index (Phi) is 5.48. The number of benzene rings is 2. The number of piperidine rings is 1. The van der Waals surface area contributed by atoms with E-state index in [1.807, 2.05) is 25.1 Å². The second-order valence-corrected chi connectivity index (χ2v) is 7.92. The summed E-state index contributed by atoms with van der Waals surface area (Å²) in [4.78, 5) is 19.9. The summed E-state index contributed by atoms with van der Waals surface area (Å²) in [5.74, 6) is 0.471. The van der Waals surface area contributed by atoms with E-state index in [-0.39, 0.29) is 17.9 Å². The van der Waals surface area contributed by atoms with E-state index < -0.39 is 5.60 Å². The summed E-state index contributed by atoms with van der Waals surface area (Å²) in [6.07, 6.45) is 1.79. The minimum absolute atomic E-state index is 0.0883. The Morgan fingerprint density at radius 2 is 1.79 bits per heavy atom. The van der Waals surface area contributed by atoms with Gasteiger partial charge in [0.05, 0.1) is 23.0 Å². The fourth-order valence-corrected chi connectivity index (χ4v) is 4.07. The number of aromatic nitrogens is 2. The van der Waals surface area contributed by atoms with E-state index >= 15 is 0 Å². The summed E-state index contributed by atoms with van der Waals surface area (Å²) in [5.41, 5.74) is 0.735. The van der Waals surface area contributed by atoms with E-state index in [2.05, 4.69) is 9.88 Å². The van der Waals surface area contributed by atoms with Gasteiger partial charge in [-0.25, -0.2) is 9.37 Å². The Morgan fingerprint density at radius 1 is 1.10 bits per heavy atom. The number of halogens is 1. The average Bonchev–Trinajstić information content (AvgIpc) is 2.73. The molecule has 0 unspecified atom stereocenters. The third kappa shape index (κ3) is 4.23. The van der Waals surface area contributed by atoms with Crippen LogP contribution < -0.4 is 5.56 Å². The van der Waals surface area contributed by atoms with Crippen molar-refractivity contribution in [2.24, 2.45) is 0 Å². The summed E-state index contributed by atoms with van der Waals surface area (Å²) < 4.78 is 14.7. The van der Waals surface area contributed by atoms with E-state index in [4.69, 9.17) is 0 Å². The molecule has 0 radical (unpaired) electrons. The van der Waals surface area contributed by atoms with Crippen LogP contribution in [0.15, 0.2) is 53.3 Å². The summed E-state index contributed by atoms with van der Waals surface area (Å²) in [7, 11) is 0. The molecule has 4 rings (SSSR count). The summed E-state index contributed by atoms with van der Waals surface area (Å²) in [6, 6.07) is 13.9. The minimum atomic E-state index is -0.933. The maximum Gasteiger partial charge on any atom is 0.261 e. The van der Waals surface area contributed by atoms with E-state index in [0.29, 0.717) is 36.0 Å². The number of nitrogens with zero attached hydrogens (tertiary/aromatic N) is 3. The molecule has 0 amide bonds. The molecular formula is C23H26FN3O2. The van der Waals surface area contributed by atoms with Gasteiger partial charge in [-0.2, -0.15) is 0 Å². The Balaban J connectivity index is 1.49. The van der Waals surface area contributed by atoms with E-state index in [0.717, 1.165) is 25.2 Å². The lowest BCUT2D eigenvalue weighted by molar-refractivity contribution is -0.0370. The highest BCUT2D eigenvalue weighted by Gasteiger charge is 2.33. The maximum atomic E-state index is 13.1. The van der Waals surface area contributed by atoms with Gasteiger partial charge in [-0.05, 0) is 42.7 Å². The van der Waals surface area contributed by atoms with Crippen molar-refractivity contribution in [3.63, 3.8) is 0 Å². The van der Waals surface area contributed by atoms with Crippen molar-refractivity contribution in [2.75, 3.05) is 13.1 Å². The van der Waals surface area contributed by atoms with E-state index in [9.17, 15) is 14.3 Å². The van der Waals surface area contributed by atoms with E-state index in [1.165, 1.54) is 12.1 Å². The molecule has 2 heterocycles. The highest BCUT2D eigenvalue weighted by atomic mass is 19.1. The van der Waals surface area contributed by atoms with Crippen LogP contribution in [0.2, 0.25) is 0 Å². The molecule has 0 aliphatic carbocycles. The van der Waals surface area contributed by atoms with Crippen molar-refractivity contribution in [3.8, 4) is 0 Å². The van der Waals surface area contributed by atoms with Crippen molar-refractivity contribution in [3.05, 3.63) is 76.1 Å². The maximum absolute atomic E-state index is 13.1. The number of aliphatic hydroxyl groups is 1. The number of para-hydroxylation sites is 1. The first-order chi connectivity index (χ1) is 14.0. The van der Waals surface area contributed by atoms with Crippen LogP contribution in [0.4, 0.5) is 4.39 Å². The fourth-order valence-electron chi connectivity index (χ4n) is 4.07. The van der Waals surface area contributed by atoms with Gasteiger partial charge in [-0.15, -0.1) is 0 Å². The molecule has 0 atom stereocenters. The van der Waals surface area contributed by atoms with Gasteiger partial charge < -0.3 is 5.11 Å². The van der Waals surface area contributed by atoms with Crippen molar-refractivity contribution in [2.45, 2.75) is 44.9 Å². The monoisotopic (exact) mass is 395 g/mol. The van der Waals surface area contributed by atoms with Crippen molar-refractivity contribution in [1.82, 2.24) is 14.5 Å². The molecule has 152 valence electrons. The average molecular weight is 395 g/mol. The first-order valence-electron chi connectivity index (χ1n) is 10.1. The van der Waals surface area contributed by atoms with Gasteiger partial charge in [0.25, 0.3) is 5.56 Å². The van der Waals surface area contributed by atoms with Crippen molar-refractivity contribution >= 4 is 10.9 Å². The molecule has 0 bridgehead atoms. The van der Waals surface area contributed by atoms with Gasteiger partial charge in [0.2, 0.25) is 0 Å². The molecule has 29 heavy (non-hydrogen) atoms. The summed E-state index contributed by atoms with van der Waals surface area (Å²) in [5, 5.41) is 11.8. The van der Waals surface area contributed by atoms with Crippen LogP contribution in [0.1, 0.15) is 31.2 Å². The van der Waals surface area contributed by atoms with Crippen LogP contribution in [0, 0.1) is 5.82 Å². The van der Waals surface area contributed by atoms with Gasteiger partial charge >= 0.3 is 0 Å². The zero-order valence-electron chi connectivity index (χ0n) is 16.6. The Morgan fingerprint density at radius 3 is 2.48 bits per heavy atom. The normalized spacial score (nSPS) is 16.9. The third-order valence-corrected chi connectivity index (χ3v) is 5.82. The van der Waals surface area contributed by atoms with Crippen LogP contribution in [0.5, 0.6) is 0 Å². The lowest BCUT2D eigenvalue weighted by Crippen LogP contribution is -2.48. The Hall–Kier alpha value is -2.57. The molecule has 1 aromatic heterocycles. The molecule has 1 aliphatic rings. The molecule has 1 N–H and O–H groups in total. The standard InChI is InChI=1S/C23H26FN3O2/c1-2-21-25-20-6-4-3-5-19(20)22(28)27(21)16-23(29)11-13-26(14-12-23)15-17-7-9-18(24)10-8-17/h3-10,29H,2,11-16H2,1H3. The van der Waals surface area contributed by atoms with E-state index in [1.54, 1.807) is 22.8 Å². The van der Waals surface area contributed by atoms with Gasteiger partial charge in [0.1, 0.15) is 11.6 Å². The number of aryl methyl sites for hydroxylation is 1. The SMILES string of the molecule is CCc1nc2ccccc2c(=O)n1CC1(O)CCN(Cc2ccc(F)cc2)CC1. The Labute approximate surface area is 169 Å². The number of fused-ring (bicyclic) bond motifs is 1. The van der Waals surface area contributed by atoms with Gasteiger partial charge in [-0.3, -0.25) is 14.3 Å². The largest absolute Gasteiger partial charge is 0.388 e. The molecule has 1 aliphatic heterocycles. The molecule has 1 fully saturated rings. The molecular weight excluding hydrogens is 369 g/mol. The number of likely N-dealkylation sites (tertiary alicyclic amines) is 1. The zero-order chi connectivity index (χ0) is 20.4. The van der Waals surface area contributed by atoms with Crippen molar-refractivity contribution in [1.29, 1.82) is 0 Å². The van der Waals surface area contributed by atoms with Gasteiger partial charge in [0.15, 0.2) is 0 Å². The first kappa shape index (κ1) is 19.7. The lowest BCUT2D eigenvalue weighted by Gasteiger charge is -2.38. The van der Waals surface area contributed by atoms with Crippen LogP contribution in [-0.4, -0.2) is 38.2 Å². The highest BCUT2D eigenvalue weighted by Crippen LogP contribution is 2.25.